The molecule has 2 rings (SSSR count). The largest absolute Gasteiger partial charge is 0.558 e. The van der Waals surface area contributed by atoms with Crippen LogP contribution in [-0.4, -0.2) is 7.48 Å². The Morgan fingerprint density at radius 2 is 2.25 bits per heavy atom. The number of hydrogen-bond donors (Lipinski definition) is 0. The van der Waals surface area contributed by atoms with E-state index in [-0.39, 0.29) is 0 Å². The number of halogens is 1. The Morgan fingerprint density at radius 1 is 1.42 bits per heavy atom. The molecule has 1 aromatic carbocycles. The predicted molar refractivity (Wildman–Crippen MR) is 54.2 cm³/mol. The number of fused-ring (bicyclic) bond motifs is 1. The third-order valence-electron chi connectivity index (χ3n) is 1.73. The molecule has 1 aromatic rings. The van der Waals surface area contributed by atoms with Crippen molar-refractivity contribution in [2.45, 2.75) is 6.92 Å². The lowest BCUT2D eigenvalue weighted by Gasteiger charge is -2.14. The van der Waals surface area contributed by atoms with Gasteiger partial charge in [0.05, 0.1) is 0 Å². The van der Waals surface area contributed by atoms with Gasteiger partial charge in [-0.3, -0.25) is 0 Å². The topological polar surface area (TPSA) is 9.23 Å². The Bertz CT molecular complexity index is 346. The molecule has 1 aliphatic heterocycles. The van der Waals surface area contributed by atoms with Crippen LogP contribution in [0.4, 0.5) is 0 Å². The summed E-state index contributed by atoms with van der Waals surface area (Å²) in [6.45, 7) is 2.02. The molecular weight excluding hydrogens is 215 g/mol. The van der Waals surface area contributed by atoms with Crippen molar-refractivity contribution in [2.75, 3.05) is 0 Å². The molecule has 0 amide bonds. The van der Waals surface area contributed by atoms with Gasteiger partial charge in [-0.1, -0.05) is 27.5 Å². The third kappa shape index (κ3) is 1.41. The maximum atomic E-state index is 5.38. The zero-order valence-electron chi connectivity index (χ0n) is 6.67. The van der Waals surface area contributed by atoms with E-state index in [2.05, 4.69) is 22.0 Å². The molecule has 0 aliphatic carbocycles. The van der Waals surface area contributed by atoms with Crippen molar-refractivity contribution in [3.05, 3.63) is 33.7 Å². The first-order chi connectivity index (χ1) is 5.75. The quantitative estimate of drug-likeness (QED) is 0.613. The lowest BCUT2D eigenvalue weighted by Crippen LogP contribution is -2.08. The first-order valence-electron chi connectivity index (χ1n) is 3.73. The first kappa shape index (κ1) is 7.93. The molecule has 59 valence electrons. The van der Waals surface area contributed by atoms with Gasteiger partial charge in [0.1, 0.15) is 5.75 Å². The van der Waals surface area contributed by atoms with Crippen LogP contribution in [0.15, 0.2) is 28.1 Å². The molecule has 0 aromatic heterocycles. The minimum Gasteiger partial charge on any atom is -0.558 e. The van der Waals surface area contributed by atoms with Crippen molar-refractivity contribution >= 4 is 29.5 Å². The Kier molecular flexibility index (Phi) is 1.97. The van der Waals surface area contributed by atoms with Gasteiger partial charge in [0, 0.05) is 10.0 Å². The highest BCUT2D eigenvalue weighted by Crippen LogP contribution is 2.27. The molecule has 1 radical (unpaired) electrons. The van der Waals surface area contributed by atoms with Gasteiger partial charge in [-0.15, -0.1) is 0 Å². The first-order valence-corrected chi connectivity index (χ1v) is 4.53. The average Bonchev–Trinajstić information content (AvgIpc) is 2.03. The van der Waals surface area contributed by atoms with E-state index in [0.29, 0.717) is 0 Å². The molecule has 0 unspecified atom stereocenters. The molecule has 0 atom stereocenters. The number of hydrogen-bond acceptors (Lipinski definition) is 1. The van der Waals surface area contributed by atoms with E-state index in [1.807, 2.05) is 25.1 Å². The standard InChI is InChI=1S/C9H7BBrO/c1-6-4-7-5-8(11)2-3-9(7)12-10-6/h2-5H,1H3. The maximum absolute atomic E-state index is 5.38. The third-order valence-corrected chi connectivity index (χ3v) is 2.22. The second-order valence-corrected chi connectivity index (χ2v) is 3.72. The summed E-state index contributed by atoms with van der Waals surface area (Å²) < 4.78 is 6.46. The summed E-state index contributed by atoms with van der Waals surface area (Å²) in [6.07, 6.45) is 2.10. The van der Waals surface area contributed by atoms with Crippen LogP contribution in [-0.2, 0) is 0 Å². The van der Waals surface area contributed by atoms with E-state index < -0.39 is 0 Å². The van der Waals surface area contributed by atoms with Crippen LogP contribution in [0.25, 0.3) is 6.08 Å². The van der Waals surface area contributed by atoms with E-state index in [4.69, 9.17) is 4.65 Å². The molecular formula is C9H7BBrO. The van der Waals surface area contributed by atoms with Gasteiger partial charge in [-0.2, -0.15) is 0 Å². The predicted octanol–water partition coefficient (Wildman–Crippen LogP) is 2.82. The highest BCUT2D eigenvalue weighted by atomic mass is 79.9. The summed E-state index contributed by atoms with van der Waals surface area (Å²) in [6, 6.07) is 5.98. The molecule has 0 saturated heterocycles. The Balaban J connectivity index is 2.53. The molecule has 0 spiro atoms. The van der Waals surface area contributed by atoms with E-state index in [1.54, 1.807) is 7.48 Å². The van der Waals surface area contributed by atoms with Gasteiger partial charge < -0.3 is 4.65 Å². The van der Waals surface area contributed by atoms with E-state index in [9.17, 15) is 0 Å². The fourth-order valence-corrected chi connectivity index (χ4v) is 1.55. The normalized spacial score (nSPS) is 14.0. The van der Waals surface area contributed by atoms with Crippen LogP contribution in [0.1, 0.15) is 12.5 Å². The minimum absolute atomic E-state index is 0.920. The van der Waals surface area contributed by atoms with Crippen LogP contribution in [0.5, 0.6) is 5.75 Å². The molecule has 12 heavy (non-hydrogen) atoms. The van der Waals surface area contributed by atoms with Crippen LogP contribution in [0.2, 0.25) is 0 Å². The SMILES string of the molecule is CC1=Cc2cc(Br)ccc2O[B]1. The highest BCUT2D eigenvalue weighted by molar-refractivity contribution is 9.10. The molecule has 1 nitrogen and oxygen atoms in total. The van der Waals surface area contributed by atoms with Gasteiger partial charge in [0.25, 0.3) is 0 Å². The van der Waals surface area contributed by atoms with Crippen molar-refractivity contribution < 1.29 is 4.65 Å². The van der Waals surface area contributed by atoms with Gasteiger partial charge in [-0.25, -0.2) is 0 Å². The lowest BCUT2D eigenvalue weighted by molar-refractivity contribution is 0.595. The summed E-state index contributed by atoms with van der Waals surface area (Å²) >= 11 is 3.42. The minimum atomic E-state index is 0.920. The van der Waals surface area contributed by atoms with Crippen molar-refractivity contribution in [1.29, 1.82) is 0 Å². The highest BCUT2D eigenvalue weighted by Gasteiger charge is 2.10. The van der Waals surface area contributed by atoms with Crippen LogP contribution in [0.3, 0.4) is 0 Å². The van der Waals surface area contributed by atoms with Gasteiger partial charge in [-0.05, 0) is 25.1 Å². The van der Waals surface area contributed by atoms with E-state index in [0.717, 1.165) is 21.3 Å². The van der Waals surface area contributed by atoms with E-state index >= 15 is 0 Å². The number of rotatable bonds is 0. The lowest BCUT2D eigenvalue weighted by atomic mass is 9.84. The second-order valence-electron chi connectivity index (χ2n) is 2.81. The summed E-state index contributed by atoms with van der Waals surface area (Å²) in [5, 5.41) is 0. The van der Waals surface area contributed by atoms with Gasteiger partial charge in [0.2, 0.25) is 0 Å². The fourth-order valence-electron chi connectivity index (χ4n) is 1.18. The van der Waals surface area contributed by atoms with Crippen LogP contribution in [0, 0.1) is 0 Å². The number of benzene rings is 1. The van der Waals surface area contributed by atoms with Gasteiger partial charge in [0.15, 0.2) is 0 Å². The summed E-state index contributed by atoms with van der Waals surface area (Å²) in [7, 11) is 1.76. The monoisotopic (exact) mass is 221 g/mol. The van der Waals surface area contributed by atoms with Crippen molar-refractivity contribution in [2.24, 2.45) is 0 Å². The molecule has 3 heteroatoms. The Labute approximate surface area is 80.8 Å². The summed E-state index contributed by atoms with van der Waals surface area (Å²) in [5.41, 5.74) is 2.27. The van der Waals surface area contributed by atoms with Crippen molar-refractivity contribution in [3.63, 3.8) is 0 Å². The summed E-state index contributed by atoms with van der Waals surface area (Å²) in [5.74, 6) is 0.920. The molecule has 1 aliphatic rings. The smallest absolute Gasteiger partial charge is 0.404 e. The zero-order chi connectivity index (χ0) is 8.55. The molecule has 1 heterocycles. The van der Waals surface area contributed by atoms with Crippen LogP contribution < -0.4 is 4.65 Å². The molecule has 0 bridgehead atoms. The average molecular weight is 222 g/mol. The Hall–Kier alpha value is -0.695. The van der Waals surface area contributed by atoms with Gasteiger partial charge >= 0.3 is 7.48 Å². The molecule has 0 fully saturated rings. The molecule has 0 saturated carbocycles. The molecule has 0 N–H and O–H groups in total. The fraction of sp³-hybridized carbons (Fsp3) is 0.111. The van der Waals surface area contributed by atoms with Crippen molar-refractivity contribution in [3.8, 4) is 5.75 Å². The maximum Gasteiger partial charge on any atom is 0.404 e. The van der Waals surface area contributed by atoms with E-state index in [1.165, 1.54) is 0 Å². The second kappa shape index (κ2) is 2.98. The van der Waals surface area contributed by atoms with Crippen LogP contribution >= 0.6 is 15.9 Å². The Morgan fingerprint density at radius 3 is 3.08 bits per heavy atom. The van der Waals surface area contributed by atoms with Crippen molar-refractivity contribution in [1.82, 2.24) is 0 Å². The summed E-state index contributed by atoms with van der Waals surface area (Å²) in [4.78, 5) is 0. The zero-order valence-corrected chi connectivity index (χ0v) is 8.26. The number of allylic oxidation sites excluding steroid dienone is 1.